The third-order valence-corrected chi connectivity index (χ3v) is 5.33. The summed E-state index contributed by atoms with van der Waals surface area (Å²) in [7, 11) is 0. The minimum atomic E-state index is 0.473. The van der Waals surface area contributed by atoms with Crippen molar-refractivity contribution in [2.24, 2.45) is 0 Å². The number of fused-ring (bicyclic) bond motifs is 1. The normalized spacial score (nSPS) is 20.9. The largest absolute Gasteiger partial charge is 0.355 e. The highest BCUT2D eigenvalue weighted by atomic mass is 15.4. The minimum Gasteiger partial charge on any atom is -0.355 e. The SMILES string of the molecule is CC(C)N1CCC(c2nnc3ccc(N4CCCC4)nn23)CC1. The van der Waals surface area contributed by atoms with Crippen LogP contribution in [0.5, 0.6) is 0 Å². The molecule has 0 aromatic carbocycles. The lowest BCUT2D eigenvalue weighted by molar-refractivity contribution is 0.169. The van der Waals surface area contributed by atoms with E-state index in [0.717, 1.165) is 56.3 Å². The van der Waals surface area contributed by atoms with Gasteiger partial charge in [-0.25, -0.2) is 0 Å². The molecule has 2 fully saturated rings. The van der Waals surface area contributed by atoms with Crippen molar-refractivity contribution in [2.75, 3.05) is 31.1 Å². The van der Waals surface area contributed by atoms with E-state index in [-0.39, 0.29) is 0 Å². The number of rotatable bonds is 3. The van der Waals surface area contributed by atoms with Crippen molar-refractivity contribution in [3.8, 4) is 0 Å². The van der Waals surface area contributed by atoms with Crippen molar-refractivity contribution >= 4 is 11.5 Å². The van der Waals surface area contributed by atoms with Crippen molar-refractivity contribution < 1.29 is 0 Å². The molecule has 0 unspecified atom stereocenters. The van der Waals surface area contributed by atoms with E-state index < -0.39 is 0 Å². The number of aromatic nitrogens is 4. The first kappa shape index (κ1) is 14.9. The molecular formula is C17H26N6. The highest BCUT2D eigenvalue weighted by molar-refractivity contribution is 5.46. The zero-order valence-corrected chi connectivity index (χ0v) is 14.1. The van der Waals surface area contributed by atoms with Gasteiger partial charge in [0.2, 0.25) is 0 Å². The van der Waals surface area contributed by atoms with Gasteiger partial charge >= 0.3 is 0 Å². The summed E-state index contributed by atoms with van der Waals surface area (Å²) in [5, 5.41) is 13.7. The Morgan fingerprint density at radius 2 is 1.74 bits per heavy atom. The van der Waals surface area contributed by atoms with Gasteiger partial charge in [-0.3, -0.25) is 0 Å². The second-order valence-corrected chi connectivity index (χ2v) is 7.12. The van der Waals surface area contributed by atoms with Crippen LogP contribution >= 0.6 is 0 Å². The Hall–Kier alpha value is -1.69. The van der Waals surface area contributed by atoms with E-state index >= 15 is 0 Å². The summed E-state index contributed by atoms with van der Waals surface area (Å²) >= 11 is 0. The molecule has 0 spiro atoms. The first-order chi connectivity index (χ1) is 11.2. The van der Waals surface area contributed by atoms with Crippen LogP contribution in [0.4, 0.5) is 5.82 Å². The maximum atomic E-state index is 4.85. The van der Waals surface area contributed by atoms with Crippen molar-refractivity contribution in [3.05, 3.63) is 18.0 Å². The van der Waals surface area contributed by atoms with E-state index in [9.17, 15) is 0 Å². The summed E-state index contributed by atoms with van der Waals surface area (Å²) in [6.45, 7) is 9.06. The second-order valence-electron chi connectivity index (χ2n) is 7.12. The Labute approximate surface area is 137 Å². The topological polar surface area (TPSA) is 49.6 Å². The zero-order chi connectivity index (χ0) is 15.8. The fourth-order valence-electron chi connectivity index (χ4n) is 3.84. The Balaban J connectivity index is 1.59. The van der Waals surface area contributed by atoms with Crippen molar-refractivity contribution in [2.45, 2.75) is 51.5 Å². The van der Waals surface area contributed by atoms with Crippen molar-refractivity contribution in [1.82, 2.24) is 24.7 Å². The van der Waals surface area contributed by atoms with Crippen molar-refractivity contribution in [3.63, 3.8) is 0 Å². The highest BCUT2D eigenvalue weighted by Gasteiger charge is 2.26. The number of nitrogens with zero attached hydrogens (tertiary/aromatic N) is 6. The summed E-state index contributed by atoms with van der Waals surface area (Å²) in [6, 6.07) is 4.77. The molecule has 4 rings (SSSR count). The second kappa shape index (κ2) is 6.07. The van der Waals surface area contributed by atoms with Crippen LogP contribution in [-0.2, 0) is 0 Å². The molecule has 2 aliphatic rings. The van der Waals surface area contributed by atoms with E-state index in [1.165, 1.54) is 12.8 Å². The van der Waals surface area contributed by atoms with E-state index in [4.69, 9.17) is 5.10 Å². The molecule has 2 saturated heterocycles. The van der Waals surface area contributed by atoms with Crippen LogP contribution in [0.1, 0.15) is 51.3 Å². The summed E-state index contributed by atoms with van der Waals surface area (Å²) in [5.41, 5.74) is 0.870. The average Bonchev–Trinajstić information content (AvgIpc) is 3.24. The van der Waals surface area contributed by atoms with E-state index in [1.807, 2.05) is 4.52 Å². The van der Waals surface area contributed by atoms with Gasteiger partial charge in [0.05, 0.1) is 0 Å². The van der Waals surface area contributed by atoms with Gasteiger partial charge in [-0.05, 0) is 64.8 Å². The van der Waals surface area contributed by atoms with Crippen LogP contribution in [0.15, 0.2) is 12.1 Å². The number of anilines is 1. The van der Waals surface area contributed by atoms with Gasteiger partial charge in [0.15, 0.2) is 11.5 Å². The molecule has 2 aromatic heterocycles. The third-order valence-electron chi connectivity index (χ3n) is 5.33. The number of hydrogen-bond donors (Lipinski definition) is 0. The molecule has 2 aromatic rings. The molecule has 6 nitrogen and oxygen atoms in total. The van der Waals surface area contributed by atoms with Crippen molar-refractivity contribution in [1.29, 1.82) is 0 Å². The standard InChI is InChI=1S/C17H26N6/c1-13(2)21-11-7-14(8-12-21)17-19-18-15-5-6-16(20-23(15)17)22-9-3-4-10-22/h5-6,13-14H,3-4,7-12H2,1-2H3. The zero-order valence-electron chi connectivity index (χ0n) is 14.1. The molecule has 124 valence electrons. The molecule has 0 saturated carbocycles. The predicted molar refractivity (Wildman–Crippen MR) is 90.9 cm³/mol. The van der Waals surface area contributed by atoms with Gasteiger partial charge in [-0.2, -0.15) is 4.52 Å². The Kier molecular flexibility index (Phi) is 3.93. The monoisotopic (exact) mass is 314 g/mol. The van der Waals surface area contributed by atoms with Crippen LogP contribution in [0.25, 0.3) is 5.65 Å². The molecule has 23 heavy (non-hydrogen) atoms. The fourth-order valence-corrected chi connectivity index (χ4v) is 3.84. The summed E-state index contributed by atoms with van der Waals surface area (Å²) in [5.74, 6) is 2.58. The molecule has 2 aliphatic heterocycles. The molecule has 0 radical (unpaired) electrons. The third kappa shape index (κ3) is 2.80. The van der Waals surface area contributed by atoms with E-state index in [1.54, 1.807) is 0 Å². The molecule has 0 amide bonds. The maximum Gasteiger partial charge on any atom is 0.178 e. The smallest absolute Gasteiger partial charge is 0.178 e. The van der Waals surface area contributed by atoms with Gasteiger partial charge in [0.25, 0.3) is 0 Å². The number of piperidine rings is 1. The molecular weight excluding hydrogens is 288 g/mol. The molecule has 0 bridgehead atoms. The van der Waals surface area contributed by atoms with E-state index in [0.29, 0.717) is 12.0 Å². The van der Waals surface area contributed by atoms with Gasteiger partial charge < -0.3 is 9.80 Å². The molecule has 0 aliphatic carbocycles. The minimum absolute atomic E-state index is 0.473. The van der Waals surface area contributed by atoms with Gasteiger partial charge in [-0.15, -0.1) is 15.3 Å². The Morgan fingerprint density at radius 1 is 1.00 bits per heavy atom. The Bertz CT molecular complexity index is 665. The summed E-state index contributed by atoms with van der Waals surface area (Å²) in [6.07, 6.45) is 4.83. The van der Waals surface area contributed by atoms with Gasteiger partial charge in [-0.1, -0.05) is 0 Å². The predicted octanol–water partition coefficient (Wildman–Crippen LogP) is 2.31. The quantitative estimate of drug-likeness (QED) is 0.870. The number of hydrogen-bond acceptors (Lipinski definition) is 5. The lowest BCUT2D eigenvalue weighted by Gasteiger charge is -2.33. The van der Waals surface area contributed by atoms with Crippen LogP contribution < -0.4 is 4.90 Å². The van der Waals surface area contributed by atoms with Crippen LogP contribution in [-0.4, -0.2) is 56.9 Å². The maximum absolute atomic E-state index is 4.85. The first-order valence-electron chi connectivity index (χ1n) is 8.94. The number of likely N-dealkylation sites (tertiary alicyclic amines) is 1. The van der Waals surface area contributed by atoms with Gasteiger partial charge in [0.1, 0.15) is 5.82 Å². The molecule has 6 heteroatoms. The van der Waals surface area contributed by atoms with Crippen LogP contribution in [0.3, 0.4) is 0 Å². The molecule has 0 atom stereocenters. The highest BCUT2D eigenvalue weighted by Crippen LogP contribution is 2.28. The summed E-state index contributed by atoms with van der Waals surface area (Å²) < 4.78 is 1.99. The summed E-state index contributed by atoms with van der Waals surface area (Å²) in [4.78, 5) is 4.91. The molecule has 4 heterocycles. The van der Waals surface area contributed by atoms with Crippen LogP contribution in [0, 0.1) is 0 Å². The first-order valence-corrected chi connectivity index (χ1v) is 8.94. The van der Waals surface area contributed by atoms with E-state index in [2.05, 4.69) is 46.0 Å². The Morgan fingerprint density at radius 3 is 2.43 bits per heavy atom. The van der Waals surface area contributed by atoms with Crippen LogP contribution in [0.2, 0.25) is 0 Å². The lowest BCUT2D eigenvalue weighted by Crippen LogP contribution is -2.38. The molecule has 0 N–H and O–H groups in total. The fraction of sp³-hybridized carbons (Fsp3) is 0.706. The van der Waals surface area contributed by atoms with Gasteiger partial charge in [0, 0.05) is 25.0 Å². The average molecular weight is 314 g/mol. The lowest BCUT2D eigenvalue weighted by atomic mass is 9.95.